The van der Waals surface area contributed by atoms with Gasteiger partial charge >= 0.3 is 17.3 Å². The van der Waals surface area contributed by atoms with E-state index in [0.29, 0.717) is 0 Å². The third kappa shape index (κ3) is 4.69. The lowest BCUT2D eigenvalue weighted by atomic mass is 10.1. The molecular weight excluding hydrogens is 332 g/mol. The van der Waals surface area contributed by atoms with Crippen molar-refractivity contribution in [3.05, 3.63) is 0 Å². The first-order chi connectivity index (χ1) is 10.7. The number of esters is 1. The Morgan fingerprint density at radius 2 is 2.09 bits per heavy atom. The molecule has 6 atom stereocenters. The topological polar surface area (TPSA) is 110 Å². The Morgan fingerprint density at radius 3 is 2.70 bits per heavy atom. The van der Waals surface area contributed by atoms with Gasteiger partial charge in [-0.05, 0) is 20.8 Å². The van der Waals surface area contributed by atoms with E-state index in [-0.39, 0.29) is 13.2 Å². The number of aliphatic hydroxyl groups is 1. The molecule has 0 aromatic heterocycles. The fourth-order valence-electron chi connectivity index (χ4n) is 2.44. The first-order valence-corrected chi connectivity index (χ1v) is 8.28. The highest BCUT2D eigenvalue weighted by molar-refractivity contribution is 7.75. The van der Waals surface area contributed by atoms with Crippen molar-refractivity contribution in [2.45, 2.75) is 64.2 Å². The van der Waals surface area contributed by atoms with Gasteiger partial charge in [0.1, 0.15) is 31.0 Å². The summed E-state index contributed by atoms with van der Waals surface area (Å²) in [5, 5.41) is 10.2. The van der Waals surface area contributed by atoms with Crippen molar-refractivity contribution in [3.8, 4) is 0 Å². The molecule has 0 bridgehead atoms. The molecule has 2 aliphatic heterocycles. The van der Waals surface area contributed by atoms with Crippen LogP contribution in [0.1, 0.15) is 27.7 Å². The van der Waals surface area contributed by atoms with Crippen LogP contribution in [-0.2, 0) is 43.5 Å². The minimum Gasteiger partial charge on any atom is -0.463 e. The molecule has 0 aromatic carbocycles. The first-order valence-electron chi connectivity index (χ1n) is 7.28. The molecule has 1 unspecified atom stereocenters. The molecule has 1 N–H and O–H groups in total. The molecule has 23 heavy (non-hydrogen) atoms. The zero-order valence-electron chi connectivity index (χ0n) is 13.4. The SMILES string of the molecule is CCOS(=O)O[C@@H]1[C@H]2OC(C)(C)O[C@H]2O[C@@H]1[C@H](O)COC(C)=O. The van der Waals surface area contributed by atoms with Crippen molar-refractivity contribution in [2.24, 2.45) is 0 Å². The Balaban J connectivity index is 2.07. The maximum atomic E-state index is 11.7. The summed E-state index contributed by atoms with van der Waals surface area (Å²) in [7, 11) is 0. The number of ether oxygens (including phenoxy) is 4. The summed E-state index contributed by atoms with van der Waals surface area (Å²) >= 11 is -2.03. The lowest BCUT2D eigenvalue weighted by Gasteiger charge is -2.27. The van der Waals surface area contributed by atoms with Gasteiger partial charge in [-0.1, -0.05) is 0 Å². The summed E-state index contributed by atoms with van der Waals surface area (Å²) in [6, 6.07) is 0. The minimum absolute atomic E-state index is 0.192. The molecule has 2 rings (SSSR count). The second-order valence-electron chi connectivity index (χ2n) is 5.61. The van der Waals surface area contributed by atoms with Gasteiger partial charge in [0.2, 0.25) is 0 Å². The van der Waals surface area contributed by atoms with Crippen molar-refractivity contribution >= 4 is 17.3 Å². The van der Waals surface area contributed by atoms with E-state index in [0.717, 1.165) is 0 Å². The van der Waals surface area contributed by atoms with Crippen LogP contribution in [-0.4, -0.2) is 65.0 Å². The zero-order valence-corrected chi connectivity index (χ0v) is 14.2. The summed E-state index contributed by atoms with van der Waals surface area (Å²) in [4.78, 5) is 10.9. The van der Waals surface area contributed by atoms with E-state index in [4.69, 9.17) is 27.3 Å². The number of carbonyl (C=O) groups excluding carboxylic acids is 1. The first kappa shape index (κ1) is 18.7. The van der Waals surface area contributed by atoms with Crippen LogP contribution in [0.15, 0.2) is 0 Å². The number of fused-ring (bicyclic) bond motifs is 1. The zero-order chi connectivity index (χ0) is 17.2. The lowest BCUT2D eigenvalue weighted by Crippen LogP contribution is -2.45. The van der Waals surface area contributed by atoms with Crippen LogP contribution in [0, 0.1) is 0 Å². The van der Waals surface area contributed by atoms with Crippen molar-refractivity contribution in [3.63, 3.8) is 0 Å². The van der Waals surface area contributed by atoms with Gasteiger partial charge in [0.15, 0.2) is 12.1 Å². The molecule has 2 fully saturated rings. The number of hydrogen-bond donors (Lipinski definition) is 1. The molecule has 2 aliphatic rings. The molecule has 2 saturated heterocycles. The monoisotopic (exact) mass is 354 g/mol. The van der Waals surface area contributed by atoms with E-state index < -0.39 is 53.8 Å². The third-order valence-corrected chi connectivity index (χ3v) is 4.07. The Labute approximate surface area is 137 Å². The number of aliphatic hydroxyl groups excluding tert-OH is 1. The molecule has 0 spiro atoms. The van der Waals surface area contributed by atoms with Gasteiger partial charge in [0.05, 0.1) is 6.61 Å². The summed E-state index contributed by atoms with van der Waals surface area (Å²) in [6.07, 6.45) is -4.51. The number of carbonyl (C=O) groups is 1. The average Bonchev–Trinajstić information content (AvgIpc) is 2.90. The normalized spacial score (nSPS) is 34.8. The van der Waals surface area contributed by atoms with Crippen molar-refractivity contribution in [1.82, 2.24) is 0 Å². The highest BCUT2D eigenvalue weighted by Crippen LogP contribution is 2.40. The van der Waals surface area contributed by atoms with Crippen LogP contribution in [0.2, 0.25) is 0 Å². The van der Waals surface area contributed by atoms with Crippen LogP contribution in [0.25, 0.3) is 0 Å². The van der Waals surface area contributed by atoms with Gasteiger partial charge in [0, 0.05) is 6.92 Å². The van der Waals surface area contributed by atoms with E-state index in [1.807, 2.05) is 0 Å². The third-order valence-electron chi connectivity index (χ3n) is 3.27. The largest absolute Gasteiger partial charge is 0.463 e. The predicted octanol–water partition coefficient (Wildman–Crippen LogP) is -0.213. The Morgan fingerprint density at radius 1 is 1.39 bits per heavy atom. The smallest absolute Gasteiger partial charge is 0.305 e. The van der Waals surface area contributed by atoms with Crippen LogP contribution in [0.5, 0.6) is 0 Å². The van der Waals surface area contributed by atoms with E-state index in [1.165, 1.54) is 6.92 Å². The van der Waals surface area contributed by atoms with Gasteiger partial charge in [0.25, 0.3) is 0 Å². The molecule has 0 aromatic rings. The maximum absolute atomic E-state index is 11.7. The number of rotatable bonds is 7. The molecule has 2 heterocycles. The highest BCUT2D eigenvalue weighted by Gasteiger charge is 2.58. The summed E-state index contributed by atoms with van der Waals surface area (Å²) in [5.41, 5.74) is 0. The fourth-order valence-corrected chi connectivity index (χ4v) is 3.08. The quantitative estimate of drug-likeness (QED) is 0.621. The fraction of sp³-hybridized carbons (Fsp3) is 0.923. The Bertz CT molecular complexity index is 455. The van der Waals surface area contributed by atoms with Crippen molar-refractivity contribution in [2.75, 3.05) is 13.2 Å². The van der Waals surface area contributed by atoms with E-state index in [1.54, 1.807) is 20.8 Å². The molecule has 0 radical (unpaired) electrons. The minimum atomic E-state index is -2.03. The molecule has 0 saturated carbocycles. The lowest BCUT2D eigenvalue weighted by molar-refractivity contribution is -0.226. The Hall–Kier alpha value is -0.620. The molecular formula is C13H22O9S. The Kier molecular flexibility index (Phi) is 6.11. The van der Waals surface area contributed by atoms with Crippen LogP contribution >= 0.6 is 0 Å². The highest BCUT2D eigenvalue weighted by atomic mass is 32.2. The van der Waals surface area contributed by atoms with Gasteiger partial charge in [-0.3, -0.25) is 13.2 Å². The van der Waals surface area contributed by atoms with Crippen LogP contribution in [0.4, 0.5) is 0 Å². The molecule has 0 aliphatic carbocycles. The van der Waals surface area contributed by atoms with Crippen molar-refractivity contribution < 1.29 is 41.4 Å². The van der Waals surface area contributed by atoms with Gasteiger partial charge in [-0.2, -0.15) is 4.21 Å². The number of hydrogen-bond acceptors (Lipinski definition) is 9. The van der Waals surface area contributed by atoms with E-state index in [9.17, 15) is 14.1 Å². The van der Waals surface area contributed by atoms with E-state index in [2.05, 4.69) is 0 Å². The van der Waals surface area contributed by atoms with Crippen molar-refractivity contribution in [1.29, 1.82) is 0 Å². The molecule has 9 nitrogen and oxygen atoms in total. The maximum Gasteiger partial charge on any atom is 0.305 e. The second-order valence-corrected chi connectivity index (χ2v) is 6.45. The standard InChI is InChI=1S/C13H22O9S/c1-5-18-23(16)22-10-9(8(15)6-17-7(2)14)19-12-11(10)20-13(3,4)21-12/h8-12,15H,5-6H2,1-4H3/t8-,9-,10+,11-,12-,23?/m1/s1. The van der Waals surface area contributed by atoms with Gasteiger partial charge < -0.3 is 24.1 Å². The van der Waals surface area contributed by atoms with Gasteiger partial charge in [-0.25, -0.2) is 0 Å². The van der Waals surface area contributed by atoms with Crippen LogP contribution < -0.4 is 0 Å². The second kappa shape index (κ2) is 7.51. The molecule has 10 heteroatoms. The van der Waals surface area contributed by atoms with Gasteiger partial charge in [-0.15, -0.1) is 0 Å². The summed E-state index contributed by atoms with van der Waals surface area (Å²) in [5.74, 6) is -1.43. The predicted molar refractivity (Wildman–Crippen MR) is 76.0 cm³/mol. The van der Waals surface area contributed by atoms with Crippen LogP contribution in [0.3, 0.4) is 0 Å². The average molecular weight is 354 g/mol. The summed E-state index contributed by atoms with van der Waals surface area (Å²) < 4.78 is 43.5. The molecule has 134 valence electrons. The molecule has 0 amide bonds. The summed E-state index contributed by atoms with van der Waals surface area (Å²) in [6.45, 7) is 6.21. The van der Waals surface area contributed by atoms with E-state index >= 15 is 0 Å².